The number of hydrogen-bond acceptors (Lipinski definition) is 6. The number of nitrogens with zero attached hydrogens (tertiary/aromatic N) is 5. The summed E-state index contributed by atoms with van der Waals surface area (Å²) in [6.45, 7) is 5.97. The van der Waals surface area contributed by atoms with Gasteiger partial charge in [-0.3, -0.25) is 9.69 Å². The third-order valence-corrected chi connectivity index (χ3v) is 7.98. The lowest BCUT2D eigenvalue weighted by molar-refractivity contribution is -0.132. The summed E-state index contributed by atoms with van der Waals surface area (Å²) in [6.07, 6.45) is 10.7. The third-order valence-electron chi connectivity index (χ3n) is 7.73. The van der Waals surface area contributed by atoms with E-state index in [-0.39, 0.29) is 5.91 Å². The highest BCUT2D eigenvalue weighted by Gasteiger charge is 2.32. The fourth-order valence-electron chi connectivity index (χ4n) is 5.68. The van der Waals surface area contributed by atoms with Gasteiger partial charge in [-0.1, -0.05) is 36.6 Å². The van der Waals surface area contributed by atoms with E-state index in [0.29, 0.717) is 23.5 Å². The minimum absolute atomic E-state index is 0.216. The highest BCUT2D eigenvalue weighted by Crippen LogP contribution is 2.24. The number of halogens is 1. The van der Waals surface area contributed by atoms with E-state index in [1.807, 2.05) is 41.4 Å². The van der Waals surface area contributed by atoms with Crippen LogP contribution in [0.4, 0.5) is 11.8 Å². The Kier molecular flexibility index (Phi) is 8.04. The monoisotopic (exact) mass is 496 g/mol. The van der Waals surface area contributed by atoms with Gasteiger partial charge in [0, 0.05) is 62.6 Å². The lowest BCUT2D eigenvalue weighted by atomic mass is 10.0. The van der Waals surface area contributed by atoms with Crippen molar-refractivity contribution in [3.63, 3.8) is 0 Å². The number of nitrogens with one attached hydrogen (secondary N) is 1. The van der Waals surface area contributed by atoms with Gasteiger partial charge >= 0.3 is 0 Å². The molecular weight excluding hydrogens is 460 g/mol. The number of carbonyl (C=O) groups excluding carboxylic acids is 1. The molecule has 8 heteroatoms. The van der Waals surface area contributed by atoms with Gasteiger partial charge in [0.1, 0.15) is 5.82 Å². The second-order valence-electron chi connectivity index (χ2n) is 10.2. The smallest absolute Gasteiger partial charge is 0.226 e. The first kappa shape index (κ1) is 24.3. The molecule has 1 aromatic carbocycles. The molecule has 4 heterocycles. The largest absolute Gasteiger partial charge is 0.356 e. The van der Waals surface area contributed by atoms with Crippen LogP contribution in [0.25, 0.3) is 0 Å². The number of piperidine rings is 1. The molecule has 1 atom stereocenters. The molecule has 35 heavy (non-hydrogen) atoms. The molecule has 5 rings (SSSR count). The first-order valence-electron chi connectivity index (χ1n) is 13.2. The van der Waals surface area contributed by atoms with Crippen molar-refractivity contribution >= 4 is 29.3 Å². The Morgan fingerprint density at radius 2 is 1.69 bits per heavy atom. The van der Waals surface area contributed by atoms with Gasteiger partial charge in [-0.2, -0.15) is 4.98 Å². The molecule has 3 aliphatic rings. The van der Waals surface area contributed by atoms with Crippen molar-refractivity contribution in [3.8, 4) is 0 Å². The zero-order chi connectivity index (χ0) is 24.0. The average molecular weight is 497 g/mol. The third kappa shape index (κ3) is 6.44. The first-order chi connectivity index (χ1) is 17.1. The van der Waals surface area contributed by atoms with E-state index in [1.165, 1.54) is 25.7 Å². The Hall–Kier alpha value is -2.38. The van der Waals surface area contributed by atoms with Crippen LogP contribution >= 0.6 is 11.6 Å². The fourth-order valence-corrected chi connectivity index (χ4v) is 5.81. The maximum Gasteiger partial charge on any atom is 0.226 e. The Labute approximate surface area is 213 Å². The SMILES string of the molecule is O=C(Cc1ccc(Cl)cc1)N1CCC(N2CCC(Nc3nccc(N4CCCCCC4)n3)C2)CC1. The predicted molar refractivity (Wildman–Crippen MR) is 141 cm³/mol. The van der Waals surface area contributed by atoms with Gasteiger partial charge < -0.3 is 15.1 Å². The molecule has 0 spiro atoms. The van der Waals surface area contributed by atoms with Crippen molar-refractivity contribution in [2.24, 2.45) is 0 Å². The van der Waals surface area contributed by atoms with Crippen molar-refractivity contribution in [1.82, 2.24) is 19.8 Å². The molecule has 2 aromatic rings. The second-order valence-corrected chi connectivity index (χ2v) is 10.6. The first-order valence-corrected chi connectivity index (χ1v) is 13.6. The Morgan fingerprint density at radius 1 is 0.943 bits per heavy atom. The van der Waals surface area contributed by atoms with E-state index < -0.39 is 0 Å². The number of likely N-dealkylation sites (tertiary alicyclic amines) is 2. The quantitative estimate of drug-likeness (QED) is 0.645. The highest BCUT2D eigenvalue weighted by molar-refractivity contribution is 6.30. The minimum atomic E-state index is 0.216. The van der Waals surface area contributed by atoms with Crippen LogP contribution in [-0.4, -0.2) is 77.0 Å². The number of aromatic nitrogens is 2. The molecule has 188 valence electrons. The highest BCUT2D eigenvalue weighted by atomic mass is 35.5. The Balaban J connectivity index is 1.08. The zero-order valence-electron chi connectivity index (χ0n) is 20.5. The normalized spacial score (nSPS) is 22.3. The summed E-state index contributed by atoms with van der Waals surface area (Å²) in [5.41, 5.74) is 1.03. The van der Waals surface area contributed by atoms with Crippen molar-refractivity contribution < 1.29 is 4.79 Å². The number of hydrogen-bond donors (Lipinski definition) is 1. The molecule has 0 saturated carbocycles. The van der Waals surface area contributed by atoms with E-state index in [9.17, 15) is 4.79 Å². The van der Waals surface area contributed by atoms with E-state index in [1.54, 1.807) is 0 Å². The number of carbonyl (C=O) groups is 1. The maximum atomic E-state index is 12.7. The summed E-state index contributed by atoms with van der Waals surface area (Å²) in [4.78, 5) is 29.1. The van der Waals surface area contributed by atoms with Crippen LogP contribution in [-0.2, 0) is 11.2 Å². The van der Waals surface area contributed by atoms with Crippen molar-refractivity contribution in [2.75, 3.05) is 49.5 Å². The van der Waals surface area contributed by atoms with Gasteiger partial charge in [-0.05, 0) is 55.9 Å². The second kappa shape index (κ2) is 11.6. The minimum Gasteiger partial charge on any atom is -0.356 e. The van der Waals surface area contributed by atoms with Gasteiger partial charge in [0.15, 0.2) is 0 Å². The van der Waals surface area contributed by atoms with E-state index >= 15 is 0 Å². The fraction of sp³-hybridized carbons (Fsp3) is 0.593. The summed E-state index contributed by atoms with van der Waals surface area (Å²) >= 11 is 5.96. The van der Waals surface area contributed by atoms with E-state index in [0.717, 1.165) is 75.9 Å². The van der Waals surface area contributed by atoms with Crippen LogP contribution in [0.3, 0.4) is 0 Å². The van der Waals surface area contributed by atoms with Crippen LogP contribution in [0.2, 0.25) is 5.02 Å². The van der Waals surface area contributed by atoms with Crippen molar-refractivity contribution in [2.45, 2.75) is 63.5 Å². The van der Waals surface area contributed by atoms with Crippen molar-refractivity contribution in [3.05, 3.63) is 47.1 Å². The number of rotatable bonds is 6. The average Bonchev–Trinajstić information content (AvgIpc) is 3.17. The van der Waals surface area contributed by atoms with Crippen LogP contribution in [0, 0.1) is 0 Å². The van der Waals surface area contributed by atoms with Crippen LogP contribution in [0.5, 0.6) is 0 Å². The molecule has 0 radical (unpaired) electrons. The van der Waals surface area contributed by atoms with Crippen LogP contribution < -0.4 is 10.2 Å². The summed E-state index contributed by atoms with van der Waals surface area (Å²) in [7, 11) is 0. The molecule has 1 unspecified atom stereocenters. The van der Waals surface area contributed by atoms with Crippen molar-refractivity contribution in [1.29, 1.82) is 0 Å². The van der Waals surface area contributed by atoms with Crippen LogP contribution in [0.1, 0.15) is 50.5 Å². The van der Waals surface area contributed by atoms with Gasteiger partial charge in [-0.25, -0.2) is 4.98 Å². The topological polar surface area (TPSA) is 64.6 Å². The molecule has 3 saturated heterocycles. The summed E-state index contributed by atoms with van der Waals surface area (Å²) in [5, 5.41) is 4.30. The lowest BCUT2D eigenvalue weighted by Crippen LogP contribution is -2.46. The standard InChI is InChI=1S/C27H37ClN6O/c28-22-7-5-21(6-8-22)19-26(35)33-17-11-24(12-18-33)34-16-10-23(20-34)30-27-29-13-9-25(31-27)32-14-3-1-2-4-15-32/h5-9,13,23-24H,1-4,10-12,14-20H2,(H,29,30,31). The Bertz CT molecular complexity index is 970. The lowest BCUT2D eigenvalue weighted by Gasteiger charge is -2.37. The summed E-state index contributed by atoms with van der Waals surface area (Å²) in [6, 6.07) is 10.5. The summed E-state index contributed by atoms with van der Waals surface area (Å²) in [5.74, 6) is 2.02. The maximum absolute atomic E-state index is 12.7. The molecule has 1 N–H and O–H groups in total. The molecular formula is C27H37ClN6O. The molecule has 7 nitrogen and oxygen atoms in total. The Morgan fingerprint density at radius 3 is 2.43 bits per heavy atom. The van der Waals surface area contributed by atoms with Gasteiger partial charge in [-0.15, -0.1) is 0 Å². The number of benzene rings is 1. The van der Waals surface area contributed by atoms with Gasteiger partial charge in [0.25, 0.3) is 0 Å². The zero-order valence-corrected chi connectivity index (χ0v) is 21.3. The molecule has 0 bridgehead atoms. The molecule has 3 fully saturated rings. The molecule has 1 amide bonds. The van der Waals surface area contributed by atoms with Crippen LogP contribution in [0.15, 0.2) is 36.5 Å². The molecule has 1 aromatic heterocycles. The van der Waals surface area contributed by atoms with Gasteiger partial charge in [0.2, 0.25) is 11.9 Å². The number of anilines is 2. The molecule has 0 aliphatic carbocycles. The van der Waals surface area contributed by atoms with Gasteiger partial charge in [0.05, 0.1) is 6.42 Å². The van der Waals surface area contributed by atoms with E-state index in [4.69, 9.17) is 16.6 Å². The molecule has 3 aliphatic heterocycles. The predicted octanol–water partition coefficient (Wildman–Crippen LogP) is 4.23. The number of amides is 1. The van der Waals surface area contributed by atoms with E-state index in [2.05, 4.69) is 20.1 Å². The summed E-state index contributed by atoms with van der Waals surface area (Å²) < 4.78 is 0.